The standard InChI is InChI=1S/C20H25N3O2S/c1-3-23(13-16-9-5-4-6-10-16)20(25)15(2)22-17-11-7-8-12-18(17)26-14-19(21)24/h4-12,15,22H,3,13-14H2,1-2H3,(H2,21,24)/t15-/m0/s1. The molecule has 2 amide bonds. The molecule has 26 heavy (non-hydrogen) atoms. The lowest BCUT2D eigenvalue weighted by atomic mass is 10.2. The molecule has 0 saturated heterocycles. The molecule has 0 bridgehead atoms. The molecule has 0 aromatic heterocycles. The van der Waals surface area contributed by atoms with Crippen LogP contribution in [0.2, 0.25) is 0 Å². The highest BCUT2D eigenvalue weighted by Gasteiger charge is 2.20. The molecule has 0 spiro atoms. The van der Waals surface area contributed by atoms with Gasteiger partial charge in [-0.15, -0.1) is 11.8 Å². The van der Waals surface area contributed by atoms with E-state index in [2.05, 4.69) is 5.32 Å². The number of carbonyl (C=O) groups excluding carboxylic acids is 2. The van der Waals surface area contributed by atoms with Crippen molar-refractivity contribution in [1.29, 1.82) is 0 Å². The first-order valence-corrected chi connectivity index (χ1v) is 9.59. The first-order valence-electron chi connectivity index (χ1n) is 8.60. The minimum Gasteiger partial charge on any atom is -0.373 e. The van der Waals surface area contributed by atoms with Gasteiger partial charge >= 0.3 is 0 Å². The van der Waals surface area contributed by atoms with Gasteiger partial charge in [0.1, 0.15) is 6.04 Å². The van der Waals surface area contributed by atoms with E-state index in [0.29, 0.717) is 13.1 Å². The molecule has 0 heterocycles. The van der Waals surface area contributed by atoms with Crippen molar-refractivity contribution in [3.8, 4) is 0 Å². The molecular weight excluding hydrogens is 346 g/mol. The maximum atomic E-state index is 12.8. The van der Waals surface area contributed by atoms with Gasteiger partial charge in [-0.1, -0.05) is 42.5 Å². The zero-order chi connectivity index (χ0) is 18.9. The fourth-order valence-corrected chi connectivity index (χ4v) is 3.33. The van der Waals surface area contributed by atoms with Gasteiger partial charge in [-0.25, -0.2) is 0 Å². The molecule has 138 valence electrons. The Bertz CT molecular complexity index is 737. The van der Waals surface area contributed by atoms with E-state index in [1.165, 1.54) is 11.8 Å². The van der Waals surface area contributed by atoms with Crippen molar-refractivity contribution < 1.29 is 9.59 Å². The van der Waals surface area contributed by atoms with Crippen molar-refractivity contribution in [3.05, 3.63) is 60.2 Å². The third-order valence-corrected chi connectivity index (χ3v) is 5.00. The smallest absolute Gasteiger partial charge is 0.245 e. The second-order valence-electron chi connectivity index (χ2n) is 5.96. The Kier molecular flexibility index (Phi) is 7.53. The molecule has 0 aliphatic carbocycles. The van der Waals surface area contributed by atoms with Gasteiger partial charge in [0, 0.05) is 23.7 Å². The summed E-state index contributed by atoms with van der Waals surface area (Å²) in [6, 6.07) is 17.2. The first kappa shape index (κ1) is 19.8. The molecule has 5 nitrogen and oxygen atoms in total. The van der Waals surface area contributed by atoms with Gasteiger partial charge < -0.3 is 16.0 Å². The average molecular weight is 372 g/mol. The van der Waals surface area contributed by atoms with Crippen LogP contribution in [0.25, 0.3) is 0 Å². The van der Waals surface area contributed by atoms with E-state index >= 15 is 0 Å². The van der Waals surface area contributed by atoms with E-state index in [9.17, 15) is 9.59 Å². The highest BCUT2D eigenvalue weighted by molar-refractivity contribution is 8.00. The summed E-state index contributed by atoms with van der Waals surface area (Å²) in [5.74, 6) is -0.129. The van der Waals surface area contributed by atoms with E-state index in [1.54, 1.807) is 0 Å². The molecule has 6 heteroatoms. The largest absolute Gasteiger partial charge is 0.373 e. The van der Waals surface area contributed by atoms with Gasteiger partial charge in [-0.2, -0.15) is 0 Å². The second-order valence-corrected chi connectivity index (χ2v) is 6.97. The van der Waals surface area contributed by atoms with Gasteiger partial charge in [0.05, 0.1) is 5.75 Å². The second kappa shape index (κ2) is 9.87. The molecule has 0 aliphatic rings. The number of thioether (sulfide) groups is 1. The molecule has 2 aromatic carbocycles. The molecule has 0 radical (unpaired) electrons. The molecule has 2 rings (SSSR count). The van der Waals surface area contributed by atoms with Gasteiger partial charge in [0.25, 0.3) is 0 Å². The number of benzene rings is 2. The Morgan fingerprint density at radius 3 is 2.42 bits per heavy atom. The van der Waals surface area contributed by atoms with Gasteiger partial charge in [-0.3, -0.25) is 9.59 Å². The first-order chi connectivity index (χ1) is 12.5. The van der Waals surface area contributed by atoms with Crippen molar-refractivity contribution in [3.63, 3.8) is 0 Å². The van der Waals surface area contributed by atoms with Crippen LogP contribution >= 0.6 is 11.8 Å². The number of nitrogens with one attached hydrogen (secondary N) is 1. The number of nitrogens with zero attached hydrogens (tertiary/aromatic N) is 1. The van der Waals surface area contributed by atoms with Crippen LogP contribution in [0, 0.1) is 0 Å². The van der Waals surface area contributed by atoms with Crippen LogP contribution in [-0.2, 0) is 16.1 Å². The van der Waals surface area contributed by atoms with E-state index in [4.69, 9.17) is 5.73 Å². The predicted octanol–water partition coefficient (Wildman–Crippen LogP) is 3.11. The molecule has 2 aromatic rings. The highest BCUT2D eigenvalue weighted by atomic mass is 32.2. The Labute approximate surface area is 159 Å². The lowest BCUT2D eigenvalue weighted by Gasteiger charge is -2.26. The Balaban J connectivity index is 2.04. The van der Waals surface area contributed by atoms with Crippen molar-refractivity contribution >= 4 is 29.3 Å². The zero-order valence-electron chi connectivity index (χ0n) is 15.1. The van der Waals surface area contributed by atoms with Crippen LogP contribution in [0.15, 0.2) is 59.5 Å². The number of primary amides is 1. The van der Waals surface area contributed by atoms with Crippen molar-refractivity contribution in [2.24, 2.45) is 5.73 Å². The van der Waals surface area contributed by atoms with E-state index in [0.717, 1.165) is 16.1 Å². The molecule has 3 N–H and O–H groups in total. The average Bonchev–Trinajstić information content (AvgIpc) is 2.65. The summed E-state index contributed by atoms with van der Waals surface area (Å²) in [5, 5.41) is 3.27. The van der Waals surface area contributed by atoms with Crippen LogP contribution in [0.1, 0.15) is 19.4 Å². The van der Waals surface area contributed by atoms with Crippen LogP contribution in [-0.4, -0.2) is 35.1 Å². The number of likely N-dealkylation sites (N-methyl/N-ethyl adjacent to an activating group) is 1. The topological polar surface area (TPSA) is 75.4 Å². The van der Waals surface area contributed by atoms with E-state index < -0.39 is 0 Å². The molecule has 0 fully saturated rings. The van der Waals surface area contributed by atoms with Gasteiger partial charge in [0.2, 0.25) is 11.8 Å². The number of hydrogen-bond acceptors (Lipinski definition) is 4. The molecular formula is C20H25N3O2S. The normalized spacial score (nSPS) is 11.6. The molecule has 0 aliphatic heterocycles. The number of nitrogens with two attached hydrogens (primary N) is 1. The number of rotatable bonds is 9. The highest BCUT2D eigenvalue weighted by Crippen LogP contribution is 2.27. The lowest BCUT2D eigenvalue weighted by molar-refractivity contribution is -0.132. The van der Waals surface area contributed by atoms with Crippen molar-refractivity contribution in [2.75, 3.05) is 17.6 Å². The minimum atomic E-state index is -0.381. The van der Waals surface area contributed by atoms with Crippen LogP contribution in [0.5, 0.6) is 0 Å². The monoisotopic (exact) mass is 371 g/mol. The van der Waals surface area contributed by atoms with Crippen LogP contribution < -0.4 is 11.1 Å². The third kappa shape index (κ3) is 5.81. The van der Waals surface area contributed by atoms with Crippen LogP contribution in [0.4, 0.5) is 5.69 Å². The summed E-state index contributed by atoms with van der Waals surface area (Å²) in [6.45, 7) is 5.05. The summed E-state index contributed by atoms with van der Waals surface area (Å²) in [5.41, 5.74) is 7.16. The van der Waals surface area contributed by atoms with Crippen LogP contribution in [0.3, 0.4) is 0 Å². The molecule has 1 atom stereocenters. The third-order valence-electron chi connectivity index (χ3n) is 3.91. The van der Waals surface area contributed by atoms with E-state index in [1.807, 2.05) is 73.3 Å². The summed E-state index contributed by atoms with van der Waals surface area (Å²) in [6.07, 6.45) is 0. The summed E-state index contributed by atoms with van der Waals surface area (Å²) in [7, 11) is 0. The Morgan fingerprint density at radius 1 is 1.12 bits per heavy atom. The number of carbonyl (C=O) groups is 2. The Morgan fingerprint density at radius 2 is 1.77 bits per heavy atom. The lowest BCUT2D eigenvalue weighted by Crippen LogP contribution is -2.41. The molecule has 0 saturated carbocycles. The van der Waals surface area contributed by atoms with Gasteiger partial charge in [-0.05, 0) is 31.5 Å². The number of para-hydroxylation sites is 1. The number of hydrogen-bond donors (Lipinski definition) is 2. The quantitative estimate of drug-likeness (QED) is 0.664. The summed E-state index contributed by atoms with van der Waals surface area (Å²) >= 11 is 1.36. The summed E-state index contributed by atoms with van der Waals surface area (Å²) < 4.78 is 0. The van der Waals surface area contributed by atoms with Gasteiger partial charge in [0.15, 0.2) is 0 Å². The number of amides is 2. The minimum absolute atomic E-state index is 0.0334. The fraction of sp³-hybridized carbons (Fsp3) is 0.300. The predicted molar refractivity (Wildman–Crippen MR) is 107 cm³/mol. The van der Waals surface area contributed by atoms with E-state index in [-0.39, 0.29) is 23.6 Å². The van der Waals surface area contributed by atoms with Crippen molar-refractivity contribution in [2.45, 2.75) is 31.3 Å². The Hall–Kier alpha value is -2.47. The molecule has 0 unspecified atom stereocenters. The van der Waals surface area contributed by atoms with Crippen molar-refractivity contribution in [1.82, 2.24) is 4.90 Å². The fourth-order valence-electron chi connectivity index (χ4n) is 2.58. The SMILES string of the molecule is CCN(Cc1ccccc1)C(=O)[C@H](C)Nc1ccccc1SCC(N)=O. The number of anilines is 1. The zero-order valence-corrected chi connectivity index (χ0v) is 16.0. The summed E-state index contributed by atoms with van der Waals surface area (Å²) in [4.78, 5) is 26.6. The maximum Gasteiger partial charge on any atom is 0.245 e. The maximum absolute atomic E-state index is 12.8.